The quantitative estimate of drug-likeness (QED) is 0.786. The summed E-state index contributed by atoms with van der Waals surface area (Å²) >= 11 is 0. The lowest BCUT2D eigenvalue weighted by molar-refractivity contribution is -0.127. The molecule has 0 radical (unpaired) electrons. The summed E-state index contributed by atoms with van der Waals surface area (Å²) in [6, 6.07) is 3.92. The molecule has 0 aromatic heterocycles. The van der Waals surface area contributed by atoms with E-state index in [0.717, 1.165) is 0 Å². The van der Waals surface area contributed by atoms with Crippen molar-refractivity contribution in [1.82, 2.24) is 10.6 Å². The molecule has 1 heterocycles. The van der Waals surface area contributed by atoms with Crippen molar-refractivity contribution in [2.24, 2.45) is 0 Å². The fourth-order valence-corrected chi connectivity index (χ4v) is 1.73. The van der Waals surface area contributed by atoms with E-state index < -0.39 is 24.0 Å². The summed E-state index contributed by atoms with van der Waals surface area (Å²) in [5.41, 5.74) is 0.226. The number of amides is 3. The van der Waals surface area contributed by atoms with E-state index in [0.29, 0.717) is 24.7 Å². The van der Waals surface area contributed by atoms with Gasteiger partial charge in [-0.1, -0.05) is 0 Å². The van der Waals surface area contributed by atoms with Crippen molar-refractivity contribution < 1.29 is 28.6 Å². The van der Waals surface area contributed by atoms with Gasteiger partial charge in [0.1, 0.15) is 13.2 Å². The van der Waals surface area contributed by atoms with Crippen LogP contribution in [0.4, 0.5) is 4.79 Å². The Bertz CT molecular complexity index is 601. The van der Waals surface area contributed by atoms with E-state index in [1.807, 2.05) is 5.32 Å². The number of carbonyl (C=O) groups excluding carboxylic acids is 3. The van der Waals surface area contributed by atoms with Gasteiger partial charge in [-0.15, -0.1) is 0 Å². The maximum absolute atomic E-state index is 12.0. The second kappa shape index (κ2) is 6.79. The number of nitrogens with one attached hydrogen (secondary N) is 2. The normalized spacial score (nSPS) is 13.7. The molecule has 22 heavy (non-hydrogen) atoms. The number of benzene rings is 1. The van der Waals surface area contributed by atoms with Crippen molar-refractivity contribution in [3.63, 3.8) is 0 Å². The van der Waals surface area contributed by atoms with Gasteiger partial charge < -0.3 is 19.5 Å². The summed E-state index contributed by atoms with van der Waals surface area (Å²) in [5, 5.41) is 4.25. The zero-order chi connectivity index (χ0) is 16.1. The van der Waals surface area contributed by atoms with E-state index in [1.165, 1.54) is 26.1 Å². The summed E-state index contributed by atoms with van der Waals surface area (Å²) in [7, 11) is 1.37. The van der Waals surface area contributed by atoms with Crippen LogP contribution in [0.3, 0.4) is 0 Å². The third-order valence-electron chi connectivity index (χ3n) is 2.89. The molecule has 2 N–H and O–H groups in total. The Hall–Kier alpha value is -2.77. The number of imide groups is 1. The van der Waals surface area contributed by atoms with Crippen LogP contribution in [0.25, 0.3) is 0 Å². The third kappa shape index (κ3) is 3.66. The van der Waals surface area contributed by atoms with Crippen molar-refractivity contribution in [3.05, 3.63) is 23.8 Å². The minimum atomic E-state index is -1.11. The molecule has 1 aliphatic heterocycles. The van der Waals surface area contributed by atoms with Crippen LogP contribution in [0.2, 0.25) is 0 Å². The average molecular weight is 308 g/mol. The zero-order valence-corrected chi connectivity index (χ0v) is 12.2. The van der Waals surface area contributed by atoms with Gasteiger partial charge in [-0.25, -0.2) is 9.59 Å². The Morgan fingerprint density at radius 1 is 1.18 bits per heavy atom. The predicted molar refractivity (Wildman–Crippen MR) is 74.9 cm³/mol. The van der Waals surface area contributed by atoms with E-state index >= 15 is 0 Å². The number of hydrogen-bond donors (Lipinski definition) is 2. The van der Waals surface area contributed by atoms with Gasteiger partial charge in [0, 0.05) is 7.05 Å². The molecule has 1 aromatic rings. The van der Waals surface area contributed by atoms with Crippen molar-refractivity contribution in [1.29, 1.82) is 0 Å². The van der Waals surface area contributed by atoms with E-state index in [1.54, 1.807) is 6.07 Å². The molecule has 1 aromatic carbocycles. The monoisotopic (exact) mass is 308 g/mol. The van der Waals surface area contributed by atoms with Gasteiger partial charge in [0.05, 0.1) is 5.56 Å². The SMILES string of the molecule is CNC(=O)NC(=O)[C@@H](C)OC(=O)c1ccc2c(c1)OCCO2. The van der Waals surface area contributed by atoms with Gasteiger partial charge in [-0.3, -0.25) is 10.1 Å². The molecular formula is C14H16N2O6. The number of rotatable bonds is 3. The molecular weight excluding hydrogens is 292 g/mol. The molecule has 3 amide bonds. The number of urea groups is 1. The molecule has 1 aliphatic rings. The van der Waals surface area contributed by atoms with E-state index in [2.05, 4.69) is 5.32 Å². The van der Waals surface area contributed by atoms with Crippen LogP contribution in [0, 0.1) is 0 Å². The van der Waals surface area contributed by atoms with Crippen LogP contribution >= 0.6 is 0 Å². The van der Waals surface area contributed by atoms with Crippen LogP contribution < -0.4 is 20.1 Å². The van der Waals surface area contributed by atoms with Crippen LogP contribution in [-0.4, -0.2) is 44.3 Å². The topological polar surface area (TPSA) is 103 Å². The molecule has 0 bridgehead atoms. The Kier molecular flexibility index (Phi) is 4.82. The summed E-state index contributed by atoms with van der Waals surface area (Å²) in [4.78, 5) is 34.6. The summed E-state index contributed by atoms with van der Waals surface area (Å²) < 4.78 is 15.7. The molecule has 8 nitrogen and oxygen atoms in total. The largest absolute Gasteiger partial charge is 0.486 e. The van der Waals surface area contributed by atoms with Gasteiger partial charge in [0.2, 0.25) is 0 Å². The lowest BCUT2D eigenvalue weighted by atomic mass is 10.2. The van der Waals surface area contributed by atoms with E-state index in [-0.39, 0.29) is 5.56 Å². The van der Waals surface area contributed by atoms with Crippen LogP contribution in [0.5, 0.6) is 11.5 Å². The smallest absolute Gasteiger partial charge is 0.339 e. The Labute approximate surface area is 126 Å². The summed E-state index contributed by atoms with van der Waals surface area (Å²) in [6.07, 6.45) is -1.11. The van der Waals surface area contributed by atoms with Crippen LogP contribution in [0.15, 0.2) is 18.2 Å². The van der Waals surface area contributed by atoms with Gasteiger partial charge in [-0.05, 0) is 25.1 Å². The maximum Gasteiger partial charge on any atom is 0.339 e. The third-order valence-corrected chi connectivity index (χ3v) is 2.89. The highest BCUT2D eigenvalue weighted by Gasteiger charge is 2.22. The molecule has 0 saturated heterocycles. The summed E-state index contributed by atoms with van der Waals surface area (Å²) in [6.45, 7) is 2.22. The number of carbonyl (C=O) groups is 3. The van der Waals surface area contributed by atoms with E-state index in [4.69, 9.17) is 14.2 Å². The second-order valence-corrected chi connectivity index (χ2v) is 4.47. The highest BCUT2D eigenvalue weighted by atomic mass is 16.6. The Morgan fingerprint density at radius 2 is 1.86 bits per heavy atom. The standard InChI is InChI=1S/C14H16N2O6/c1-8(12(17)16-14(19)15-2)22-13(18)9-3-4-10-11(7-9)21-6-5-20-10/h3-4,7-8H,5-6H2,1-2H3,(H2,15,16,17,19)/t8-/m1/s1. The zero-order valence-electron chi connectivity index (χ0n) is 12.2. The van der Waals surface area contributed by atoms with Crippen molar-refractivity contribution in [2.45, 2.75) is 13.0 Å². The first-order valence-corrected chi connectivity index (χ1v) is 6.64. The number of ether oxygens (including phenoxy) is 3. The molecule has 0 aliphatic carbocycles. The molecule has 0 unspecified atom stereocenters. The number of fused-ring (bicyclic) bond motifs is 1. The van der Waals surface area contributed by atoms with Crippen molar-refractivity contribution in [3.8, 4) is 11.5 Å². The molecule has 0 saturated carbocycles. The molecule has 8 heteroatoms. The molecule has 118 valence electrons. The highest BCUT2D eigenvalue weighted by molar-refractivity contribution is 5.98. The average Bonchev–Trinajstić information content (AvgIpc) is 2.53. The molecule has 0 spiro atoms. The molecule has 0 fully saturated rings. The van der Waals surface area contributed by atoms with E-state index in [9.17, 15) is 14.4 Å². The van der Waals surface area contributed by atoms with Gasteiger partial charge >= 0.3 is 12.0 Å². The van der Waals surface area contributed by atoms with Crippen molar-refractivity contribution in [2.75, 3.05) is 20.3 Å². The number of hydrogen-bond acceptors (Lipinski definition) is 6. The lowest BCUT2D eigenvalue weighted by Gasteiger charge is -2.19. The van der Waals surface area contributed by atoms with Crippen LogP contribution in [-0.2, 0) is 9.53 Å². The van der Waals surface area contributed by atoms with Crippen molar-refractivity contribution >= 4 is 17.9 Å². The molecule has 2 rings (SSSR count). The highest BCUT2D eigenvalue weighted by Crippen LogP contribution is 2.30. The van der Waals surface area contributed by atoms with Gasteiger partial charge in [-0.2, -0.15) is 0 Å². The maximum atomic E-state index is 12.0. The minimum absolute atomic E-state index is 0.226. The predicted octanol–water partition coefficient (Wildman–Crippen LogP) is 0.459. The Balaban J connectivity index is 1.99. The first kappa shape index (κ1) is 15.6. The first-order valence-electron chi connectivity index (χ1n) is 6.64. The minimum Gasteiger partial charge on any atom is -0.486 e. The Morgan fingerprint density at radius 3 is 2.55 bits per heavy atom. The van der Waals surface area contributed by atoms with Gasteiger partial charge in [0.15, 0.2) is 17.6 Å². The van der Waals surface area contributed by atoms with Gasteiger partial charge in [0.25, 0.3) is 5.91 Å². The second-order valence-electron chi connectivity index (χ2n) is 4.47. The van der Waals surface area contributed by atoms with Crippen LogP contribution in [0.1, 0.15) is 17.3 Å². The fraction of sp³-hybridized carbons (Fsp3) is 0.357. The summed E-state index contributed by atoms with van der Waals surface area (Å²) in [5.74, 6) is -0.418. The number of esters is 1. The molecule has 1 atom stereocenters. The lowest BCUT2D eigenvalue weighted by Crippen LogP contribution is -2.43. The fourth-order valence-electron chi connectivity index (χ4n) is 1.73. The first-order chi connectivity index (χ1) is 10.5.